The summed E-state index contributed by atoms with van der Waals surface area (Å²) in [5, 5.41) is 20.9. The zero-order valence-corrected chi connectivity index (χ0v) is 15.6. The maximum atomic E-state index is 13.2. The Morgan fingerprint density at radius 2 is 1.89 bits per heavy atom. The molecule has 3 aromatic rings. The van der Waals surface area contributed by atoms with E-state index in [1.54, 1.807) is 20.0 Å². The van der Waals surface area contributed by atoms with Crippen LogP contribution in [0.1, 0.15) is 39.9 Å². The predicted molar refractivity (Wildman–Crippen MR) is 105 cm³/mol. The smallest absolute Gasteiger partial charge is 0.303 e. The molecule has 28 heavy (non-hydrogen) atoms. The maximum absolute atomic E-state index is 13.2. The summed E-state index contributed by atoms with van der Waals surface area (Å²) in [6.07, 6.45) is 2.76. The molecule has 1 N–H and O–H groups in total. The van der Waals surface area contributed by atoms with E-state index in [1.807, 2.05) is 24.3 Å². The molecule has 3 rings (SSSR count). The van der Waals surface area contributed by atoms with E-state index < -0.39 is 10.9 Å². The molecule has 0 unspecified atom stereocenters. The molecule has 0 fully saturated rings. The van der Waals surface area contributed by atoms with Crippen LogP contribution >= 0.6 is 0 Å². The number of aryl methyl sites for hydroxylation is 2. The summed E-state index contributed by atoms with van der Waals surface area (Å²) >= 11 is 0. The number of carbonyl (C=O) groups is 2. The molecular weight excluding hydrogens is 360 g/mol. The molecule has 0 aliphatic carbocycles. The Bertz CT molecular complexity index is 1100. The highest BCUT2D eigenvalue weighted by molar-refractivity contribution is 6.04. The number of non-ortho nitro benzene ring substituents is 1. The minimum atomic E-state index is -0.859. The van der Waals surface area contributed by atoms with E-state index in [9.17, 15) is 19.7 Å². The number of rotatable bonds is 6. The molecule has 0 radical (unpaired) electrons. The van der Waals surface area contributed by atoms with Gasteiger partial charge in [0.2, 0.25) is 0 Å². The van der Waals surface area contributed by atoms with Crippen LogP contribution in [-0.2, 0) is 11.2 Å². The monoisotopic (exact) mass is 380 g/mol. The lowest BCUT2D eigenvalue weighted by molar-refractivity contribution is -0.384. The molecule has 2 aromatic carbocycles. The van der Waals surface area contributed by atoms with Gasteiger partial charge in [0, 0.05) is 30.1 Å². The van der Waals surface area contributed by atoms with Crippen molar-refractivity contribution in [3.63, 3.8) is 0 Å². The van der Waals surface area contributed by atoms with Crippen molar-refractivity contribution in [3.8, 4) is 0 Å². The van der Waals surface area contributed by atoms with E-state index in [1.165, 1.54) is 16.7 Å². The molecule has 0 spiro atoms. The summed E-state index contributed by atoms with van der Waals surface area (Å²) in [6, 6.07) is 10.1. The Hall–Kier alpha value is -3.48. The van der Waals surface area contributed by atoms with E-state index in [4.69, 9.17) is 5.11 Å². The first-order chi connectivity index (χ1) is 13.3. The third-order valence-electron chi connectivity index (χ3n) is 4.94. The van der Waals surface area contributed by atoms with E-state index in [0.29, 0.717) is 29.5 Å². The minimum absolute atomic E-state index is 0.0522. The van der Waals surface area contributed by atoms with E-state index >= 15 is 0 Å². The molecule has 0 atom stereocenters. The number of nitrogens with zero attached hydrogens (tertiary/aromatic N) is 2. The molecule has 0 saturated carbocycles. The number of aromatic nitrogens is 1. The standard InChI is InChI=1S/C21H20N2O5/c1-13-10-16(23(27)28)11-18(14(13)2)21(26)22-12-15(6-5-9-20(24)25)17-7-3-4-8-19(17)22/h3-4,7-8,10-12H,5-6,9H2,1-2H3,(H,24,25). The van der Waals surface area contributed by atoms with Gasteiger partial charge in [-0.1, -0.05) is 18.2 Å². The second kappa shape index (κ2) is 7.64. The Labute approximate surface area is 161 Å². The number of carbonyl (C=O) groups excluding carboxylic acids is 1. The summed E-state index contributed by atoms with van der Waals surface area (Å²) in [4.78, 5) is 34.7. The Morgan fingerprint density at radius 3 is 2.57 bits per heavy atom. The van der Waals surface area contributed by atoms with Gasteiger partial charge in [-0.2, -0.15) is 0 Å². The highest BCUT2D eigenvalue weighted by Gasteiger charge is 2.21. The molecular formula is C21H20N2O5. The topological polar surface area (TPSA) is 102 Å². The van der Waals surface area contributed by atoms with Crippen LogP contribution < -0.4 is 0 Å². The fourth-order valence-electron chi connectivity index (χ4n) is 3.35. The first kappa shape index (κ1) is 19.3. The molecule has 0 bridgehead atoms. The lowest BCUT2D eigenvalue weighted by atomic mass is 10.0. The Kier molecular flexibility index (Phi) is 5.26. The Balaban J connectivity index is 2.08. The van der Waals surface area contributed by atoms with Gasteiger partial charge in [0.05, 0.1) is 16.0 Å². The van der Waals surface area contributed by atoms with Gasteiger partial charge >= 0.3 is 5.97 Å². The van der Waals surface area contributed by atoms with Crippen molar-refractivity contribution in [1.29, 1.82) is 0 Å². The zero-order valence-electron chi connectivity index (χ0n) is 15.6. The van der Waals surface area contributed by atoms with E-state index in [2.05, 4.69) is 0 Å². The molecule has 0 aliphatic rings. The molecule has 7 nitrogen and oxygen atoms in total. The highest BCUT2D eigenvalue weighted by Crippen LogP contribution is 2.27. The van der Waals surface area contributed by atoms with Crippen LogP contribution in [0.25, 0.3) is 10.9 Å². The van der Waals surface area contributed by atoms with Gasteiger partial charge in [0.25, 0.3) is 11.6 Å². The van der Waals surface area contributed by atoms with Crippen LogP contribution in [0, 0.1) is 24.0 Å². The van der Waals surface area contributed by atoms with E-state index in [-0.39, 0.29) is 23.6 Å². The van der Waals surface area contributed by atoms with Crippen molar-refractivity contribution >= 4 is 28.5 Å². The second-order valence-electron chi connectivity index (χ2n) is 6.79. The summed E-state index contributed by atoms with van der Waals surface area (Å²) in [7, 11) is 0. The number of carboxylic acids is 1. The number of nitro benzene ring substituents is 1. The van der Waals surface area contributed by atoms with Gasteiger partial charge in [-0.15, -0.1) is 0 Å². The van der Waals surface area contributed by atoms with Crippen molar-refractivity contribution < 1.29 is 19.6 Å². The third-order valence-corrected chi connectivity index (χ3v) is 4.94. The third kappa shape index (κ3) is 3.64. The van der Waals surface area contributed by atoms with Crippen molar-refractivity contribution in [2.45, 2.75) is 33.1 Å². The summed E-state index contributed by atoms with van der Waals surface area (Å²) in [5.41, 5.74) is 3.11. The van der Waals surface area contributed by atoms with Gasteiger partial charge in [0.1, 0.15) is 0 Å². The average Bonchev–Trinajstić information content (AvgIpc) is 3.02. The first-order valence-corrected chi connectivity index (χ1v) is 8.90. The quantitative estimate of drug-likeness (QED) is 0.508. The van der Waals surface area contributed by atoms with Crippen molar-refractivity contribution in [3.05, 3.63) is 75.0 Å². The number of hydrogen-bond donors (Lipinski definition) is 1. The fraction of sp³-hybridized carbons (Fsp3) is 0.238. The maximum Gasteiger partial charge on any atom is 0.303 e. The van der Waals surface area contributed by atoms with Crippen LogP contribution in [0.5, 0.6) is 0 Å². The van der Waals surface area contributed by atoms with Gasteiger partial charge in [0.15, 0.2) is 0 Å². The molecule has 7 heteroatoms. The SMILES string of the molecule is Cc1cc([N+](=O)[O-])cc(C(=O)n2cc(CCCC(=O)O)c3ccccc32)c1C. The van der Waals surface area contributed by atoms with Crippen molar-refractivity contribution in [1.82, 2.24) is 4.57 Å². The van der Waals surface area contributed by atoms with Gasteiger partial charge < -0.3 is 5.11 Å². The van der Waals surface area contributed by atoms with Gasteiger partial charge in [-0.05, 0) is 49.4 Å². The highest BCUT2D eigenvalue weighted by atomic mass is 16.6. The van der Waals surface area contributed by atoms with Crippen LogP contribution in [0.15, 0.2) is 42.6 Å². The Morgan fingerprint density at radius 1 is 1.18 bits per heavy atom. The van der Waals surface area contributed by atoms with Gasteiger partial charge in [-0.25, -0.2) is 0 Å². The normalized spacial score (nSPS) is 10.9. The van der Waals surface area contributed by atoms with Crippen LogP contribution in [0.2, 0.25) is 0 Å². The molecule has 0 saturated heterocycles. The van der Waals surface area contributed by atoms with Crippen molar-refractivity contribution in [2.24, 2.45) is 0 Å². The van der Waals surface area contributed by atoms with Crippen LogP contribution in [-0.4, -0.2) is 26.5 Å². The van der Waals surface area contributed by atoms with Crippen molar-refractivity contribution in [2.75, 3.05) is 0 Å². The number of aliphatic carboxylic acids is 1. The van der Waals surface area contributed by atoms with E-state index in [0.717, 1.165) is 10.9 Å². The number of para-hydroxylation sites is 1. The van der Waals surface area contributed by atoms with Gasteiger partial charge in [-0.3, -0.25) is 24.3 Å². The summed E-state index contributed by atoms with van der Waals surface area (Å²) in [5.74, 6) is -1.20. The fourth-order valence-corrected chi connectivity index (χ4v) is 3.35. The summed E-state index contributed by atoms with van der Waals surface area (Å²) in [6.45, 7) is 3.51. The molecule has 0 aliphatic heterocycles. The predicted octanol–water partition coefficient (Wildman–Crippen LogP) is 4.26. The molecule has 1 aromatic heterocycles. The average molecular weight is 380 g/mol. The molecule has 1 heterocycles. The largest absolute Gasteiger partial charge is 0.481 e. The summed E-state index contributed by atoms with van der Waals surface area (Å²) < 4.78 is 1.50. The number of hydrogen-bond acceptors (Lipinski definition) is 4. The van der Waals surface area contributed by atoms with Crippen LogP contribution in [0.4, 0.5) is 5.69 Å². The number of benzene rings is 2. The molecule has 144 valence electrons. The lowest BCUT2D eigenvalue weighted by Gasteiger charge is -2.09. The first-order valence-electron chi connectivity index (χ1n) is 8.90. The minimum Gasteiger partial charge on any atom is -0.481 e. The second-order valence-corrected chi connectivity index (χ2v) is 6.79. The molecule has 0 amide bonds. The van der Waals surface area contributed by atoms with Crippen LogP contribution in [0.3, 0.4) is 0 Å². The number of fused-ring (bicyclic) bond motifs is 1. The number of nitro groups is 1. The number of carboxylic acid groups (broad SMARTS) is 1. The lowest BCUT2D eigenvalue weighted by Crippen LogP contribution is -2.13. The zero-order chi connectivity index (χ0) is 20.4.